The molecule has 4 heterocycles. The number of hydrogen-bond donors (Lipinski definition) is 2. The summed E-state index contributed by atoms with van der Waals surface area (Å²) in [5, 5.41) is 6.88. The van der Waals surface area contributed by atoms with Crippen LogP contribution >= 0.6 is 0 Å². The predicted octanol–water partition coefficient (Wildman–Crippen LogP) is 5.84. The van der Waals surface area contributed by atoms with Crippen molar-refractivity contribution in [1.82, 2.24) is 19.9 Å². The minimum absolute atomic E-state index is 0.0108. The molecule has 1 aromatic carbocycles. The zero-order chi connectivity index (χ0) is 31.5. The van der Waals surface area contributed by atoms with Crippen LogP contribution in [0.2, 0.25) is 0 Å². The van der Waals surface area contributed by atoms with Crippen LogP contribution in [0.1, 0.15) is 80.5 Å². The smallest absolute Gasteiger partial charge is 0.276 e. The minimum atomic E-state index is -3.31. The first-order chi connectivity index (χ1) is 21.0. The largest absolute Gasteiger partial charge is 0.363 e. The van der Waals surface area contributed by atoms with Gasteiger partial charge in [-0.25, -0.2) is 31.6 Å². The van der Waals surface area contributed by atoms with E-state index in [1.807, 2.05) is 0 Å². The van der Waals surface area contributed by atoms with Crippen LogP contribution in [0, 0.1) is 11.7 Å². The molecule has 0 bridgehead atoms. The molecular weight excluding hydrogens is 591 g/mol. The van der Waals surface area contributed by atoms with E-state index in [0.29, 0.717) is 80.6 Å². The molecule has 2 aliphatic heterocycles. The third kappa shape index (κ3) is 7.01. The zero-order valence-electron chi connectivity index (χ0n) is 25.0. The fourth-order valence-electron chi connectivity index (χ4n) is 6.42. The monoisotopic (exact) mass is 631 g/mol. The maximum atomic E-state index is 15.8. The number of sulfone groups is 1. The maximum Gasteiger partial charge on any atom is 0.276 e. The van der Waals surface area contributed by atoms with Crippen molar-refractivity contribution in [1.29, 1.82) is 0 Å². The van der Waals surface area contributed by atoms with E-state index >= 15 is 13.2 Å². The molecule has 238 valence electrons. The normalized spacial score (nSPS) is 18.7. The van der Waals surface area contributed by atoms with Crippen LogP contribution in [-0.2, 0) is 22.3 Å². The van der Waals surface area contributed by atoms with Gasteiger partial charge in [0.15, 0.2) is 0 Å². The number of rotatable bonds is 11. The number of aryl methyl sites for hydroxylation is 1. The summed E-state index contributed by atoms with van der Waals surface area (Å²) in [6, 6.07) is 5.06. The number of hydrogen-bond acceptors (Lipinski definition) is 7. The molecule has 1 atom stereocenters. The van der Waals surface area contributed by atoms with E-state index in [4.69, 9.17) is 0 Å². The highest BCUT2D eigenvalue weighted by Crippen LogP contribution is 2.40. The lowest BCUT2D eigenvalue weighted by atomic mass is 9.88. The molecule has 0 amide bonds. The Morgan fingerprint density at radius 1 is 1.18 bits per heavy atom. The van der Waals surface area contributed by atoms with Gasteiger partial charge in [-0.3, -0.25) is 9.36 Å². The number of unbranched alkanes of at least 4 members (excludes halogenated alkanes) is 1. The summed E-state index contributed by atoms with van der Waals surface area (Å²) >= 11 is 0. The van der Waals surface area contributed by atoms with Gasteiger partial charge in [0.25, 0.3) is 11.5 Å². The van der Waals surface area contributed by atoms with E-state index in [0.717, 1.165) is 6.07 Å². The van der Waals surface area contributed by atoms with Gasteiger partial charge >= 0.3 is 0 Å². The van der Waals surface area contributed by atoms with E-state index in [1.54, 1.807) is 23.6 Å². The molecule has 2 N–H and O–H groups in total. The Bertz CT molecular complexity index is 1660. The maximum absolute atomic E-state index is 15.8. The third-order valence-corrected chi connectivity index (χ3v) is 10.7. The molecule has 2 aromatic heterocycles. The molecule has 1 unspecified atom stereocenters. The first-order valence-corrected chi connectivity index (χ1v) is 17.2. The van der Waals surface area contributed by atoms with E-state index in [9.17, 15) is 13.2 Å². The number of allylic oxidation sites excluding steroid dienone is 1. The van der Waals surface area contributed by atoms with E-state index in [1.165, 1.54) is 18.5 Å². The second-order valence-corrected chi connectivity index (χ2v) is 14.4. The number of benzene rings is 1. The average molecular weight is 632 g/mol. The molecule has 0 aliphatic carbocycles. The molecule has 2 fully saturated rings. The van der Waals surface area contributed by atoms with Crippen LogP contribution in [0.4, 0.5) is 19.0 Å². The van der Waals surface area contributed by atoms with Crippen molar-refractivity contribution in [3.63, 3.8) is 0 Å². The van der Waals surface area contributed by atoms with Crippen LogP contribution in [0.15, 0.2) is 48.0 Å². The standard InChI is InChI=1S/C32H40F3N5O3S/c1-3-4-5-15-40-30-26(18-25(31(40)41)23-11-16-44(42,43)17-12-23)29(37-20-38-30)39-21(2)24-7-6-8-27(28(24)33)32(34,35)19-22-9-13-36-14-10-22/h3,6-8,18,20-23,36H,1,4-5,9-17,19H2,2H3,(H,37,38,39). The molecule has 0 radical (unpaired) electrons. The van der Waals surface area contributed by atoms with Crippen LogP contribution < -0.4 is 16.2 Å². The van der Waals surface area contributed by atoms with Gasteiger partial charge in [-0.15, -0.1) is 6.58 Å². The van der Waals surface area contributed by atoms with Crippen molar-refractivity contribution in [2.24, 2.45) is 5.92 Å². The molecule has 44 heavy (non-hydrogen) atoms. The predicted molar refractivity (Wildman–Crippen MR) is 166 cm³/mol. The molecule has 8 nitrogen and oxygen atoms in total. The average Bonchev–Trinajstić information content (AvgIpc) is 2.99. The molecular formula is C32H40F3N5O3S. The highest BCUT2D eigenvalue weighted by atomic mass is 32.2. The Hall–Kier alpha value is -3.25. The quantitative estimate of drug-likeness (QED) is 0.202. The number of fused-ring (bicyclic) bond motifs is 1. The summed E-state index contributed by atoms with van der Waals surface area (Å²) in [4.78, 5) is 22.5. The van der Waals surface area contributed by atoms with Crippen LogP contribution in [0.25, 0.3) is 11.0 Å². The summed E-state index contributed by atoms with van der Waals surface area (Å²) in [5.74, 6) is -4.34. The van der Waals surface area contributed by atoms with Gasteiger partial charge in [0, 0.05) is 24.1 Å². The van der Waals surface area contributed by atoms with Gasteiger partial charge in [-0.1, -0.05) is 24.3 Å². The van der Waals surface area contributed by atoms with Crippen molar-refractivity contribution >= 4 is 26.7 Å². The zero-order valence-corrected chi connectivity index (χ0v) is 25.8. The first-order valence-electron chi connectivity index (χ1n) is 15.3. The lowest BCUT2D eigenvalue weighted by molar-refractivity contribution is -0.0358. The second kappa shape index (κ2) is 13.4. The number of nitrogens with zero attached hydrogens (tertiary/aromatic N) is 3. The van der Waals surface area contributed by atoms with E-state index in [2.05, 4.69) is 27.2 Å². The first kappa shape index (κ1) is 32.2. The lowest BCUT2D eigenvalue weighted by Gasteiger charge is -2.28. The number of piperidine rings is 1. The van der Waals surface area contributed by atoms with Gasteiger partial charge in [0.05, 0.1) is 28.5 Å². The van der Waals surface area contributed by atoms with Gasteiger partial charge in [-0.05, 0) is 76.4 Å². The highest BCUT2D eigenvalue weighted by Gasteiger charge is 2.38. The number of aromatic nitrogens is 3. The van der Waals surface area contributed by atoms with Crippen molar-refractivity contribution < 1.29 is 21.6 Å². The number of alkyl halides is 2. The van der Waals surface area contributed by atoms with Gasteiger partial charge in [0.1, 0.15) is 33.4 Å². The Kier molecular flexibility index (Phi) is 9.79. The van der Waals surface area contributed by atoms with Crippen molar-refractivity contribution in [3.8, 4) is 0 Å². The van der Waals surface area contributed by atoms with Gasteiger partial charge in [0.2, 0.25) is 0 Å². The number of pyridine rings is 1. The molecule has 2 aliphatic rings. The summed E-state index contributed by atoms with van der Waals surface area (Å²) in [5.41, 5.74) is 0.121. The van der Waals surface area contributed by atoms with Gasteiger partial charge in [-0.2, -0.15) is 0 Å². The number of anilines is 1. The molecule has 3 aromatic rings. The van der Waals surface area contributed by atoms with Crippen molar-refractivity contribution in [2.75, 3.05) is 29.9 Å². The fraction of sp³-hybridized carbons (Fsp3) is 0.531. The van der Waals surface area contributed by atoms with Crippen LogP contribution in [0.5, 0.6) is 0 Å². The summed E-state index contributed by atoms with van der Waals surface area (Å²) in [6.07, 6.45) is 5.96. The van der Waals surface area contributed by atoms with Crippen molar-refractivity contribution in [2.45, 2.75) is 76.3 Å². The number of halogens is 3. The van der Waals surface area contributed by atoms with Crippen LogP contribution in [-0.4, -0.2) is 47.5 Å². The summed E-state index contributed by atoms with van der Waals surface area (Å²) in [7, 11) is -3.14. The minimum Gasteiger partial charge on any atom is -0.363 e. The molecule has 0 saturated carbocycles. The second-order valence-electron chi connectivity index (χ2n) is 12.0. The molecule has 0 spiro atoms. The molecule has 5 rings (SSSR count). The Morgan fingerprint density at radius 2 is 1.91 bits per heavy atom. The van der Waals surface area contributed by atoms with Crippen LogP contribution in [0.3, 0.4) is 0 Å². The Balaban J connectivity index is 1.49. The molecule has 12 heteroatoms. The number of nitrogens with one attached hydrogen (secondary N) is 2. The van der Waals surface area contributed by atoms with Crippen molar-refractivity contribution in [3.05, 3.63) is 76.1 Å². The van der Waals surface area contributed by atoms with Gasteiger partial charge < -0.3 is 10.6 Å². The van der Waals surface area contributed by atoms with E-state index in [-0.39, 0.29) is 34.5 Å². The summed E-state index contributed by atoms with van der Waals surface area (Å²) < 4.78 is 72.3. The molecule has 2 saturated heterocycles. The Morgan fingerprint density at radius 3 is 2.61 bits per heavy atom. The lowest BCUT2D eigenvalue weighted by Crippen LogP contribution is -2.31. The Labute approximate surface area is 256 Å². The SMILES string of the molecule is C=CCCCn1c(=O)c(C2CCS(=O)(=O)CC2)cc2c(NC(C)c3cccc(C(F)(F)CC4CCNCC4)c3F)ncnc21. The topological polar surface area (TPSA) is 106 Å². The highest BCUT2D eigenvalue weighted by molar-refractivity contribution is 7.91. The fourth-order valence-corrected chi connectivity index (χ4v) is 7.91. The van der Waals surface area contributed by atoms with E-state index < -0.39 is 39.6 Å². The third-order valence-electron chi connectivity index (χ3n) is 8.94. The summed E-state index contributed by atoms with van der Waals surface area (Å²) in [6.45, 7) is 7.16.